The number of carbonyl (C=O) groups excluding carboxylic acids is 1. The van der Waals surface area contributed by atoms with E-state index in [2.05, 4.69) is 0 Å². The molecule has 4 nitrogen and oxygen atoms in total. The van der Waals surface area contributed by atoms with Crippen LogP contribution in [0.2, 0.25) is 20.1 Å². The van der Waals surface area contributed by atoms with Gasteiger partial charge in [0.05, 0.1) is 22.7 Å². The Morgan fingerprint density at radius 2 is 1.60 bits per heavy atom. The van der Waals surface area contributed by atoms with E-state index in [1.54, 1.807) is 18.2 Å². The minimum absolute atomic E-state index is 0.00530. The fourth-order valence-electron chi connectivity index (χ4n) is 3.38. The SMILES string of the molecule is COC(=O)c1c(Cl)ccc(Cl)c1-c1c2cc(Cl)c(=O)cc-2oc2cc(C)c(Cl)cc12. The zero-order valence-electron chi connectivity index (χ0n) is 15.6. The van der Waals surface area contributed by atoms with Crippen molar-refractivity contribution >= 4 is 63.3 Å². The first kappa shape index (κ1) is 21.0. The first-order chi connectivity index (χ1) is 14.2. The number of hydrogen-bond donors (Lipinski definition) is 0. The lowest BCUT2D eigenvalue weighted by Crippen LogP contribution is -2.07. The first-order valence-electron chi connectivity index (χ1n) is 8.65. The average molecular weight is 482 g/mol. The molecule has 1 heterocycles. The van der Waals surface area contributed by atoms with E-state index in [9.17, 15) is 9.59 Å². The molecule has 0 amide bonds. The molecule has 30 heavy (non-hydrogen) atoms. The van der Waals surface area contributed by atoms with Gasteiger partial charge in [-0.25, -0.2) is 4.79 Å². The predicted molar refractivity (Wildman–Crippen MR) is 121 cm³/mol. The van der Waals surface area contributed by atoms with Gasteiger partial charge in [0.1, 0.15) is 11.3 Å². The van der Waals surface area contributed by atoms with Crippen LogP contribution < -0.4 is 5.43 Å². The molecule has 0 spiro atoms. The normalized spacial score (nSPS) is 11.3. The van der Waals surface area contributed by atoms with E-state index in [1.165, 1.54) is 25.3 Å². The number of fused-ring (bicyclic) bond motifs is 2. The molecule has 1 aliphatic heterocycles. The molecule has 2 aliphatic rings. The van der Waals surface area contributed by atoms with Crippen molar-refractivity contribution in [2.75, 3.05) is 7.11 Å². The Labute approximate surface area is 191 Å². The molecular formula is C22H12Cl4O4. The largest absolute Gasteiger partial charge is 0.465 e. The van der Waals surface area contributed by atoms with Crippen molar-refractivity contribution in [1.82, 2.24) is 0 Å². The summed E-state index contributed by atoms with van der Waals surface area (Å²) in [5, 5.41) is 1.47. The number of aryl methyl sites for hydroxylation is 1. The summed E-state index contributed by atoms with van der Waals surface area (Å²) in [6.07, 6.45) is 0. The molecule has 152 valence electrons. The highest BCUT2D eigenvalue weighted by molar-refractivity contribution is 6.39. The van der Waals surface area contributed by atoms with E-state index < -0.39 is 11.4 Å². The predicted octanol–water partition coefficient (Wildman–Crippen LogP) is 7.27. The minimum Gasteiger partial charge on any atom is -0.465 e. The number of ether oxygens (including phenoxy) is 1. The summed E-state index contributed by atoms with van der Waals surface area (Å²) < 4.78 is 10.9. The number of methoxy groups -OCH3 is 1. The Morgan fingerprint density at radius 3 is 2.30 bits per heavy atom. The summed E-state index contributed by atoms with van der Waals surface area (Å²) in [5.41, 5.74) is 2.22. The Kier molecular flexibility index (Phi) is 5.45. The van der Waals surface area contributed by atoms with Crippen LogP contribution >= 0.6 is 46.4 Å². The number of carbonyl (C=O) groups is 1. The van der Waals surface area contributed by atoms with E-state index in [4.69, 9.17) is 55.6 Å². The van der Waals surface area contributed by atoms with Gasteiger partial charge in [0.2, 0.25) is 5.43 Å². The van der Waals surface area contributed by atoms with Crippen molar-refractivity contribution in [2.45, 2.75) is 6.92 Å². The summed E-state index contributed by atoms with van der Waals surface area (Å²) in [7, 11) is 1.25. The van der Waals surface area contributed by atoms with Crippen LogP contribution in [0, 0.1) is 6.92 Å². The van der Waals surface area contributed by atoms with Crippen LogP contribution in [0.5, 0.6) is 0 Å². The number of benzene rings is 3. The molecule has 0 saturated heterocycles. The van der Waals surface area contributed by atoms with E-state index >= 15 is 0 Å². The molecule has 0 aromatic heterocycles. The second-order valence-electron chi connectivity index (χ2n) is 6.62. The maximum atomic E-state index is 12.6. The van der Waals surface area contributed by atoms with Crippen LogP contribution in [-0.2, 0) is 4.74 Å². The van der Waals surface area contributed by atoms with Gasteiger partial charge in [0.25, 0.3) is 0 Å². The summed E-state index contributed by atoms with van der Waals surface area (Å²) in [4.78, 5) is 24.8. The number of esters is 1. The van der Waals surface area contributed by atoms with Crippen LogP contribution in [-0.4, -0.2) is 13.1 Å². The van der Waals surface area contributed by atoms with E-state index in [1.807, 2.05) is 6.92 Å². The second kappa shape index (κ2) is 7.78. The van der Waals surface area contributed by atoms with Gasteiger partial charge >= 0.3 is 5.97 Å². The van der Waals surface area contributed by atoms with Crippen LogP contribution in [0.4, 0.5) is 0 Å². The summed E-state index contributed by atoms with van der Waals surface area (Å²) in [6.45, 7) is 1.83. The molecule has 8 heteroatoms. The first-order valence-corrected chi connectivity index (χ1v) is 10.2. The maximum Gasteiger partial charge on any atom is 0.340 e. The van der Waals surface area contributed by atoms with Crippen molar-refractivity contribution in [3.8, 4) is 22.5 Å². The molecule has 0 bridgehead atoms. The summed E-state index contributed by atoms with van der Waals surface area (Å²) >= 11 is 25.4. The van der Waals surface area contributed by atoms with Gasteiger partial charge in [-0.05, 0) is 42.8 Å². The molecule has 2 aromatic rings. The van der Waals surface area contributed by atoms with Gasteiger partial charge in [-0.2, -0.15) is 0 Å². The van der Waals surface area contributed by atoms with Gasteiger partial charge < -0.3 is 9.15 Å². The Morgan fingerprint density at radius 1 is 0.900 bits per heavy atom. The van der Waals surface area contributed by atoms with Gasteiger partial charge in [-0.15, -0.1) is 0 Å². The van der Waals surface area contributed by atoms with Crippen LogP contribution in [0.15, 0.2) is 45.6 Å². The van der Waals surface area contributed by atoms with Crippen LogP contribution in [0.25, 0.3) is 33.4 Å². The van der Waals surface area contributed by atoms with Crippen molar-refractivity contribution < 1.29 is 13.9 Å². The van der Waals surface area contributed by atoms with Crippen molar-refractivity contribution in [2.24, 2.45) is 0 Å². The molecule has 0 N–H and O–H groups in total. The topological polar surface area (TPSA) is 56.5 Å². The van der Waals surface area contributed by atoms with Crippen LogP contribution in [0.1, 0.15) is 15.9 Å². The smallest absolute Gasteiger partial charge is 0.340 e. The third-order valence-corrected chi connectivity index (χ3v) is 6.13. The highest BCUT2D eigenvalue weighted by Crippen LogP contribution is 2.46. The van der Waals surface area contributed by atoms with Crippen LogP contribution in [0.3, 0.4) is 0 Å². The van der Waals surface area contributed by atoms with Crippen molar-refractivity contribution in [1.29, 1.82) is 0 Å². The summed E-state index contributed by atoms with van der Waals surface area (Å²) in [6, 6.07) is 9.31. The zero-order chi connectivity index (χ0) is 21.7. The van der Waals surface area contributed by atoms with Crippen molar-refractivity contribution in [3.05, 3.63) is 77.8 Å². The zero-order valence-corrected chi connectivity index (χ0v) is 18.6. The van der Waals surface area contributed by atoms with Gasteiger partial charge in [0, 0.05) is 38.2 Å². The molecule has 1 aliphatic carbocycles. The van der Waals surface area contributed by atoms with Gasteiger partial charge in [0.15, 0.2) is 0 Å². The molecule has 0 radical (unpaired) electrons. The minimum atomic E-state index is -0.663. The standard InChI is InChI=1S/C22H12Cl4O4/c1-9-5-17-10(6-14(9)25)19(11-7-15(26)16(27)8-18(11)30-17)20-12(23)3-4-13(24)21(20)22(28)29-2/h3-8H,1-2H3. The molecule has 0 saturated carbocycles. The Bertz CT molecular complexity index is 1370. The van der Waals surface area contributed by atoms with E-state index in [0.29, 0.717) is 32.7 Å². The lowest BCUT2D eigenvalue weighted by molar-refractivity contribution is 0.0602. The Hall–Kier alpha value is -2.24. The second-order valence-corrected chi connectivity index (χ2v) is 8.25. The summed E-state index contributed by atoms with van der Waals surface area (Å²) in [5.74, 6) is -0.384. The highest BCUT2D eigenvalue weighted by Gasteiger charge is 2.27. The van der Waals surface area contributed by atoms with Gasteiger partial charge in [-0.3, -0.25) is 4.79 Å². The Balaban J connectivity index is 2.30. The number of halogens is 4. The van der Waals surface area contributed by atoms with E-state index in [-0.39, 0.29) is 26.4 Å². The molecule has 0 atom stereocenters. The molecule has 0 unspecified atom stereocenters. The lowest BCUT2D eigenvalue weighted by atomic mass is 9.90. The number of hydrogen-bond acceptors (Lipinski definition) is 4. The maximum absolute atomic E-state index is 12.6. The fourth-order valence-corrected chi connectivity index (χ4v) is 4.19. The molecular weight excluding hydrogens is 470 g/mol. The van der Waals surface area contributed by atoms with Crippen molar-refractivity contribution in [3.63, 3.8) is 0 Å². The highest BCUT2D eigenvalue weighted by atomic mass is 35.5. The van der Waals surface area contributed by atoms with Gasteiger partial charge in [-0.1, -0.05) is 46.4 Å². The van der Waals surface area contributed by atoms with E-state index in [0.717, 1.165) is 5.56 Å². The molecule has 0 fully saturated rings. The molecule has 2 aromatic carbocycles. The quantitative estimate of drug-likeness (QED) is 0.223. The lowest BCUT2D eigenvalue weighted by Gasteiger charge is -2.19. The molecule has 4 rings (SSSR count). The third kappa shape index (κ3) is 3.34. The monoisotopic (exact) mass is 480 g/mol. The third-order valence-electron chi connectivity index (χ3n) is 4.80. The number of rotatable bonds is 2. The fraction of sp³-hybridized carbons (Fsp3) is 0.0909. The average Bonchev–Trinajstić information content (AvgIpc) is 2.70.